The topological polar surface area (TPSA) is 113 Å². The van der Waals surface area contributed by atoms with E-state index in [2.05, 4.69) is 10.0 Å². The maximum Gasteiger partial charge on any atom is 0.240 e. The van der Waals surface area contributed by atoms with Gasteiger partial charge in [0.1, 0.15) is 0 Å². The highest BCUT2D eigenvalue weighted by Crippen LogP contribution is 2.17. The summed E-state index contributed by atoms with van der Waals surface area (Å²) in [5, 5.41) is 2.69. The van der Waals surface area contributed by atoms with Crippen molar-refractivity contribution in [3.63, 3.8) is 0 Å². The monoisotopic (exact) mass is 415 g/mol. The molecule has 0 unspecified atom stereocenters. The van der Waals surface area contributed by atoms with Crippen LogP contribution in [-0.2, 0) is 31.0 Å². The average molecular weight is 415 g/mol. The normalized spacial score (nSPS) is 14.3. The molecule has 1 aliphatic heterocycles. The summed E-state index contributed by atoms with van der Waals surface area (Å²) in [6.45, 7) is 0.188. The van der Waals surface area contributed by atoms with Crippen LogP contribution in [0, 0.1) is 0 Å². The van der Waals surface area contributed by atoms with E-state index in [0.717, 1.165) is 5.56 Å². The molecule has 2 aromatic rings. The Balaban J connectivity index is 1.47. The Labute approximate surface area is 169 Å². The summed E-state index contributed by atoms with van der Waals surface area (Å²) >= 11 is 0. The Morgan fingerprint density at radius 2 is 1.55 bits per heavy atom. The number of nitrogens with zero attached hydrogens (tertiary/aromatic N) is 1. The molecular formula is C20H21N3O5S. The lowest BCUT2D eigenvalue weighted by Crippen LogP contribution is -2.28. The lowest BCUT2D eigenvalue weighted by Gasteiger charge is -2.14. The van der Waals surface area contributed by atoms with Gasteiger partial charge in [-0.05, 0) is 29.8 Å². The first-order valence-corrected chi connectivity index (χ1v) is 10.6. The van der Waals surface area contributed by atoms with Crippen molar-refractivity contribution in [1.29, 1.82) is 0 Å². The molecule has 29 heavy (non-hydrogen) atoms. The first-order chi connectivity index (χ1) is 13.8. The minimum Gasteiger partial charge on any atom is -0.326 e. The largest absolute Gasteiger partial charge is 0.326 e. The van der Waals surface area contributed by atoms with Crippen LogP contribution in [0.15, 0.2) is 59.5 Å². The van der Waals surface area contributed by atoms with Gasteiger partial charge in [0.05, 0.1) is 11.4 Å². The van der Waals surface area contributed by atoms with Crippen molar-refractivity contribution < 1.29 is 22.8 Å². The Bertz CT molecular complexity index is 988. The molecule has 0 radical (unpaired) electrons. The number of amides is 3. The molecule has 3 amide bonds. The molecule has 1 fully saturated rings. The predicted octanol–water partition coefficient (Wildman–Crippen LogP) is 1.64. The van der Waals surface area contributed by atoms with E-state index in [0.29, 0.717) is 5.69 Å². The molecule has 0 saturated carbocycles. The van der Waals surface area contributed by atoms with Gasteiger partial charge in [-0.3, -0.25) is 19.3 Å². The second-order valence-corrected chi connectivity index (χ2v) is 8.35. The van der Waals surface area contributed by atoms with Gasteiger partial charge in [0, 0.05) is 31.5 Å². The van der Waals surface area contributed by atoms with Crippen molar-refractivity contribution in [1.82, 2.24) is 9.62 Å². The third-order valence-corrected chi connectivity index (χ3v) is 5.91. The first-order valence-electron chi connectivity index (χ1n) is 9.12. The second-order valence-electron chi connectivity index (χ2n) is 6.58. The number of sulfonamides is 1. The molecule has 1 aliphatic rings. The minimum absolute atomic E-state index is 0.0232. The van der Waals surface area contributed by atoms with E-state index in [9.17, 15) is 22.8 Å². The summed E-state index contributed by atoms with van der Waals surface area (Å²) in [5.74, 6) is -0.686. The van der Waals surface area contributed by atoms with E-state index >= 15 is 0 Å². The summed E-state index contributed by atoms with van der Waals surface area (Å²) in [6, 6.07) is 14.7. The lowest BCUT2D eigenvalue weighted by molar-refractivity contribution is -0.139. The fraction of sp³-hybridized carbons (Fsp3) is 0.250. The molecule has 0 bridgehead atoms. The van der Waals surface area contributed by atoms with Gasteiger partial charge in [0.25, 0.3) is 0 Å². The van der Waals surface area contributed by atoms with Crippen molar-refractivity contribution >= 4 is 33.4 Å². The zero-order chi connectivity index (χ0) is 20.9. The molecule has 0 atom stereocenters. The number of rotatable bonds is 8. The van der Waals surface area contributed by atoms with Crippen LogP contribution in [0.4, 0.5) is 5.69 Å². The Kier molecular flexibility index (Phi) is 6.40. The molecule has 0 aromatic heterocycles. The number of imide groups is 1. The van der Waals surface area contributed by atoms with Crippen molar-refractivity contribution in [2.24, 2.45) is 0 Å². The van der Waals surface area contributed by atoms with Crippen LogP contribution in [0.1, 0.15) is 24.8 Å². The van der Waals surface area contributed by atoms with Crippen molar-refractivity contribution in [2.75, 3.05) is 11.9 Å². The van der Waals surface area contributed by atoms with Gasteiger partial charge in [0.15, 0.2) is 0 Å². The molecule has 2 aromatic carbocycles. The molecule has 0 spiro atoms. The maximum absolute atomic E-state index is 12.1. The minimum atomic E-state index is -3.64. The van der Waals surface area contributed by atoms with Gasteiger partial charge in [-0.25, -0.2) is 13.1 Å². The van der Waals surface area contributed by atoms with Crippen LogP contribution >= 0.6 is 0 Å². The quantitative estimate of drug-likeness (QED) is 0.637. The molecule has 3 rings (SSSR count). The average Bonchev–Trinajstić information content (AvgIpc) is 3.02. The standard InChI is InChI=1S/C20H21N3O5S/c24-18(12-13-21-29(27,28)17-4-2-1-3-5-17)22-16-8-6-15(7-9-16)14-23-19(25)10-11-20(23)26/h1-9,21H,10-14H2,(H,22,24). The van der Waals surface area contributed by atoms with Gasteiger partial charge in [-0.2, -0.15) is 0 Å². The van der Waals surface area contributed by atoms with Crippen molar-refractivity contribution in [2.45, 2.75) is 30.7 Å². The number of nitrogens with one attached hydrogen (secondary N) is 2. The van der Waals surface area contributed by atoms with E-state index < -0.39 is 10.0 Å². The number of benzene rings is 2. The van der Waals surface area contributed by atoms with E-state index in [-0.39, 0.29) is 55.0 Å². The fourth-order valence-corrected chi connectivity index (χ4v) is 3.93. The Hall–Kier alpha value is -3.04. The molecular weight excluding hydrogens is 394 g/mol. The summed E-state index contributed by atoms with van der Waals surface area (Å²) in [4.78, 5) is 36.7. The number of hydrogen-bond acceptors (Lipinski definition) is 5. The van der Waals surface area contributed by atoms with Crippen LogP contribution in [0.3, 0.4) is 0 Å². The zero-order valence-electron chi connectivity index (χ0n) is 15.6. The number of carbonyl (C=O) groups excluding carboxylic acids is 3. The van der Waals surface area contributed by atoms with Crippen LogP contribution in [0.5, 0.6) is 0 Å². The van der Waals surface area contributed by atoms with Crippen molar-refractivity contribution in [3.05, 3.63) is 60.2 Å². The Morgan fingerprint density at radius 3 is 2.17 bits per heavy atom. The van der Waals surface area contributed by atoms with Crippen molar-refractivity contribution in [3.8, 4) is 0 Å². The fourth-order valence-electron chi connectivity index (χ4n) is 2.88. The number of anilines is 1. The third-order valence-electron chi connectivity index (χ3n) is 4.43. The zero-order valence-corrected chi connectivity index (χ0v) is 16.4. The maximum atomic E-state index is 12.1. The van der Waals surface area contributed by atoms with Crippen LogP contribution in [0.2, 0.25) is 0 Å². The number of likely N-dealkylation sites (tertiary alicyclic amines) is 1. The summed E-state index contributed by atoms with van der Waals surface area (Å²) in [6.07, 6.45) is 0.479. The lowest BCUT2D eigenvalue weighted by atomic mass is 10.2. The summed E-state index contributed by atoms with van der Waals surface area (Å²) in [7, 11) is -3.64. The van der Waals surface area contributed by atoms with Gasteiger partial charge < -0.3 is 5.32 Å². The number of carbonyl (C=O) groups is 3. The van der Waals surface area contributed by atoms with Crippen LogP contribution < -0.4 is 10.0 Å². The molecule has 1 saturated heterocycles. The number of hydrogen-bond donors (Lipinski definition) is 2. The van der Waals surface area contributed by atoms with Gasteiger partial charge in [-0.1, -0.05) is 30.3 Å². The smallest absolute Gasteiger partial charge is 0.240 e. The van der Waals surface area contributed by atoms with E-state index in [1.807, 2.05) is 0 Å². The van der Waals surface area contributed by atoms with Crippen LogP contribution in [-0.4, -0.2) is 37.6 Å². The molecule has 1 heterocycles. The van der Waals surface area contributed by atoms with Gasteiger partial charge in [-0.15, -0.1) is 0 Å². The molecule has 2 N–H and O–H groups in total. The highest BCUT2D eigenvalue weighted by atomic mass is 32.2. The first kappa shape index (κ1) is 20.7. The molecule has 9 heteroatoms. The van der Waals surface area contributed by atoms with Gasteiger partial charge in [0.2, 0.25) is 27.7 Å². The van der Waals surface area contributed by atoms with Crippen LogP contribution in [0.25, 0.3) is 0 Å². The highest BCUT2D eigenvalue weighted by Gasteiger charge is 2.28. The predicted molar refractivity (Wildman–Crippen MR) is 106 cm³/mol. The Morgan fingerprint density at radius 1 is 0.931 bits per heavy atom. The van der Waals surface area contributed by atoms with E-state index in [1.165, 1.54) is 17.0 Å². The molecule has 0 aliphatic carbocycles. The third kappa shape index (κ3) is 5.49. The SMILES string of the molecule is O=C(CCNS(=O)(=O)c1ccccc1)Nc1ccc(CN2C(=O)CCC2=O)cc1. The molecule has 152 valence electrons. The van der Waals surface area contributed by atoms with E-state index in [1.54, 1.807) is 42.5 Å². The summed E-state index contributed by atoms with van der Waals surface area (Å²) in [5.41, 5.74) is 1.32. The summed E-state index contributed by atoms with van der Waals surface area (Å²) < 4.78 is 26.6. The second kappa shape index (κ2) is 8.97. The van der Waals surface area contributed by atoms with Gasteiger partial charge >= 0.3 is 0 Å². The van der Waals surface area contributed by atoms with E-state index in [4.69, 9.17) is 0 Å². The molecule has 8 nitrogen and oxygen atoms in total. The highest BCUT2D eigenvalue weighted by molar-refractivity contribution is 7.89.